The molecule has 1 unspecified atom stereocenters. The van der Waals surface area contributed by atoms with Gasteiger partial charge in [0.25, 0.3) is 5.91 Å². The summed E-state index contributed by atoms with van der Waals surface area (Å²) in [6.45, 7) is 3.88. The number of hydrogen-bond acceptors (Lipinski definition) is 8. The van der Waals surface area contributed by atoms with Crippen LogP contribution >= 0.6 is 23.4 Å². The molecule has 3 aromatic carbocycles. The lowest BCUT2D eigenvalue weighted by Gasteiger charge is -2.28. The molecule has 1 aromatic heterocycles. The number of benzene rings is 3. The Morgan fingerprint density at radius 2 is 1.76 bits per heavy atom. The summed E-state index contributed by atoms with van der Waals surface area (Å²) in [7, 11) is 1.61. The molecule has 4 aromatic rings. The van der Waals surface area contributed by atoms with Crippen molar-refractivity contribution in [3.63, 3.8) is 0 Å². The number of thioether (sulfide) groups is 1. The maximum absolute atomic E-state index is 13.8. The molecule has 2 heterocycles. The van der Waals surface area contributed by atoms with E-state index in [0.717, 1.165) is 11.1 Å². The fraction of sp³-hybridized carbons (Fsp3) is 0.200. The van der Waals surface area contributed by atoms with E-state index in [1.807, 2.05) is 55.5 Å². The number of fused-ring (bicyclic) bond motifs is 1. The Kier molecular flexibility index (Phi) is 8.61. The van der Waals surface area contributed by atoms with E-state index in [9.17, 15) is 9.59 Å². The summed E-state index contributed by atoms with van der Waals surface area (Å²) in [5.41, 5.74) is 4.02. The number of rotatable bonds is 9. The molecule has 0 radical (unpaired) electrons. The van der Waals surface area contributed by atoms with Gasteiger partial charge in [-0.15, -0.1) is 5.10 Å². The van der Waals surface area contributed by atoms with E-state index in [2.05, 4.69) is 10.6 Å². The van der Waals surface area contributed by atoms with Crippen LogP contribution in [0.3, 0.4) is 0 Å². The second-order valence-corrected chi connectivity index (χ2v) is 10.5. The van der Waals surface area contributed by atoms with Crippen LogP contribution in [0.2, 0.25) is 5.02 Å². The lowest BCUT2D eigenvalue weighted by molar-refractivity contribution is -0.113. The van der Waals surface area contributed by atoms with Gasteiger partial charge in [-0.1, -0.05) is 47.6 Å². The number of methoxy groups -OCH3 is 1. The zero-order chi connectivity index (χ0) is 28.9. The van der Waals surface area contributed by atoms with Crippen molar-refractivity contribution in [2.75, 3.05) is 24.4 Å². The predicted molar refractivity (Wildman–Crippen MR) is 160 cm³/mol. The van der Waals surface area contributed by atoms with Crippen LogP contribution in [0.15, 0.2) is 89.2 Å². The minimum absolute atomic E-state index is 0.288. The highest BCUT2D eigenvalue weighted by atomic mass is 35.5. The number of allylic oxidation sites excluding steroid dienone is 1. The lowest BCUT2D eigenvalue weighted by Crippen LogP contribution is -2.31. The third-order valence-electron chi connectivity index (χ3n) is 6.44. The Bertz CT molecular complexity index is 1580. The molecule has 0 saturated carbocycles. The number of hydrogen-bond donors (Lipinski definition) is 2. The Labute approximate surface area is 246 Å². The summed E-state index contributed by atoms with van der Waals surface area (Å²) in [6.07, 6.45) is 0. The van der Waals surface area contributed by atoms with E-state index in [-0.39, 0.29) is 12.5 Å². The third-order valence-corrected chi connectivity index (χ3v) is 7.61. The van der Waals surface area contributed by atoms with E-state index in [1.165, 1.54) is 11.8 Å². The van der Waals surface area contributed by atoms with Crippen molar-refractivity contribution < 1.29 is 19.1 Å². The van der Waals surface area contributed by atoms with Gasteiger partial charge in [-0.25, -0.2) is 9.48 Å². The van der Waals surface area contributed by atoms with Crippen LogP contribution in [-0.2, 0) is 15.3 Å². The number of carbonyl (C=O) groups excluding carboxylic acids is 2. The van der Waals surface area contributed by atoms with Gasteiger partial charge in [-0.3, -0.25) is 4.79 Å². The number of halogens is 1. The summed E-state index contributed by atoms with van der Waals surface area (Å²) in [5.74, 6) is 1.18. The van der Waals surface area contributed by atoms with Gasteiger partial charge in [0.2, 0.25) is 11.1 Å². The second kappa shape index (κ2) is 12.5. The molecule has 210 valence electrons. The average molecular weight is 590 g/mol. The van der Waals surface area contributed by atoms with Crippen LogP contribution in [-0.4, -0.2) is 40.4 Å². The van der Waals surface area contributed by atoms with Crippen molar-refractivity contribution in [3.05, 3.63) is 106 Å². The topological polar surface area (TPSA) is 107 Å². The van der Waals surface area contributed by atoms with E-state index in [1.54, 1.807) is 43.0 Å². The lowest BCUT2D eigenvalue weighted by atomic mass is 9.95. The summed E-state index contributed by atoms with van der Waals surface area (Å²) in [6, 6.07) is 21.2. The molecule has 11 heteroatoms. The van der Waals surface area contributed by atoms with Crippen molar-refractivity contribution in [1.82, 2.24) is 14.8 Å². The monoisotopic (exact) mass is 589 g/mol. The van der Waals surface area contributed by atoms with Crippen LogP contribution in [0.1, 0.15) is 41.4 Å². The van der Waals surface area contributed by atoms with Crippen molar-refractivity contribution in [2.24, 2.45) is 0 Å². The van der Waals surface area contributed by atoms with Gasteiger partial charge in [0, 0.05) is 22.2 Å². The minimum Gasteiger partial charge on any atom is -0.497 e. The van der Waals surface area contributed by atoms with Gasteiger partial charge < -0.3 is 20.1 Å². The molecule has 9 nitrogen and oxygen atoms in total. The maximum Gasteiger partial charge on any atom is 0.338 e. The number of ether oxygens (including phenoxy) is 2. The fourth-order valence-electron chi connectivity index (χ4n) is 4.41. The molecule has 1 aliphatic rings. The predicted octanol–water partition coefficient (Wildman–Crippen LogP) is 6.34. The average Bonchev–Trinajstić information content (AvgIpc) is 3.39. The molecule has 0 bridgehead atoms. The van der Waals surface area contributed by atoms with E-state index in [0.29, 0.717) is 50.2 Å². The molecule has 2 N–H and O–H groups in total. The van der Waals surface area contributed by atoms with Gasteiger partial charge in [-0.2, -0.15) is 4.98 Å². The Balaban J connectivity index is 1.43. The number of anilines is 2. The first-order chi connectivity index (χ1) is 19.9. The number of nitrogens with one attached hydrogen (secondary N) is 2. The fourth-order valence-corrected chi connectivity index (χ4v) is 5.32. The number of aromatic nitrogens is 3. The first kappa shape index (κ1) is 28.3. The van der Waals surface area contributed by atoms with Gasteiger partial charge in [0.05, 0.1) is 24.9 Å². The highest BCUT2D eigenvalue weighted by Gasteiger charge is 2.34. The maximum atomic E-state index is 13.8. The summed E-state index contributed by atoms with van der Waals surface area (Å²) in [4.78, 5) is 30.5. The molecule has 5 rings (SSSR count). The largest absolute Gasteiger partial charge is 0.497 e. The van der Waals surface area contributed by atoms with Crippen LogP contribution in [0, 0.1) is 0 Å². The second-order valence-electron chi connectivity index (χ2n) is 9.17. The van der Waals surface area contributed by atoms with Crippen LogP contribution < -0.4 is 15.4 Å². The first-order valence-electron chi connectivity index (χ1n) is 12.9. The summed E-state index contributed by atoms with van der Waals surface area (Å²) in [5, 5.41) is 12.3. The van der Waals surface area contributed by atoms with Crippen LogP contribution in [0.25, 0.3) is 0 Å². The van der Waals surface area contributed by atoms with Crippen molar-refractivity contribution in [3.8, 4) is 5.75 Å². The highest BCUT2D eigenvalue weighted by Crippen LogP contribution is 2.37. The first-order valence-corrected chi connectivity index (χ1v) is 14.3. The van der Waals surface area contributed by atoms with Crippen molar-refractivity contribution in [1.29, 1.82) is 0 Å². The van der Waals surface area contributed by atoms with Gasteiger partial charge >= 0.3 is 5.97 Å². The molecule has 0 saturated heterocycles. The standard InChI is InChI=1S/C30H28ClN5O4S/c1-4-40-28(38)21-7-13-23(14-8-21)33-27(37)25-18(2)32-29-34-30(41-17-19-5-11-22(31)12-6-19)35-36(29)26(25)20-9-15-24(39-3)16-10-20/h5-16,26H,4,17H2,1-3H3,(H,33,37)(H,32,34,35). The molecule has 0 aliphatic carbocycles. The van der Waals surface area contributed by atoms with Gasteiger partial charge in [0.15, 0.2) is 0 Å². The molecular formula is C30H28ClN5O4S. The molecule has 41 heavy (non-hydrogen) atoms. The molecule has 1 amide bonds. The number of amides is 1. The van der Waals surface area contributed by atoms with Gasteiger partial charge in [-0.05, 0) is 73.5 Å². The zero-order valence-corrected chi connectivity index (χ0v) is 24.3. The van der Waals surface area contributed by atoms with Crippen LogP contribution in [0.4, 0.5) is 11.6 Å². The highest BCUT2D eigenvalue weighted by molar-refractivity contribution is 7.98. The number of esters is 1. The van der Waals surface area contributed by atoms with E-state index >= 15 is 0 Å². The van der Waals surface area contributed by atoms with E-state index < -0.39 is 12.0 Å². The van der Waals surface area contributed by atoms with Crippen molar-refractivity contribution in [2.45, 2.75) is 30.8 Å². The van der Waals surface area contributed by atoms with Gasteiger partial charge in [0.1, 0.15) is 11.8 Å². The molecule has 0 fully saturated rings. The smallest absolute Gasteiger partial charge is 0.338 e. The summed E-state index contributed by atoms with van der Waals surface area (Å²) >= 11 is 7.51. The summed E-state index contributed by atoms with van der Waals surface area (Å²) < 4.78 is 12.1. The molecule has 0 spiro atoms. The number of nitrogens with zero attached hydrogens (tertiary/aromatic N) is 3. The Hall–Kier alpha value is -4.28. The molecular weight excluding hydrogens is 562 g/mol. The Morgan fingerprint density at radius 3 is 2.41 bits per heavy atom. The van der Waals surface area contributed by atoms with E-state index in [4.69, 9.17) is 31.2 Å². The normalized spacial score (nSPS) is 14.2. The number of carbonyl (C=O) groups is 2. The molecule has 1 atom stereocenters. The molecule has 1 aliphatic heterocycles. The minimum atomic E-state index is -0.548. The Morgan fingerprint density at radius 1 is 1.05 bits per heavy atom. The van der Waals surface area contributed by atoms with Crippen LogP contribution in [0.5, 0.6) is 5.75 Å². The van der Waals surface area contributed by atoms with Crippen molar-refractivity contribution >= 4 is 46.9 Å². The zero-order valence-electron chi connectivity index (χ0n) is 22.7. The SMILES string of the molecule is CCOC(=O)c1ccc(NC(=O)C2=C(C)Nc3nc(SCc4ccc(Cl)cc4)nn3C2c2ccc(OC)cc2)cc1. The quantitative estimate of drug-likeness (QED) is 0.172. The third kappa shape index (κ3) is 6.39.